The summed E-state index contributed by atoms with van der Waals surface area (Å²) in [6.45, 7) is 5.66. The predicted molar refractivity (Wildman–Crippen MR) is 169 cm³/mol. The Labute approximate surface area is 250 Å². The monoisotopic (exact) mass is 593 g/mol. The van der Waals surface area contributed by atoms with E-state index >= 15 is 0 Å². The molecule has 43 heavy (non-hydrogen) atoms. The number of nitrogens with one attached hydrogen (secondary N) is 1. The zero-order valence-corrected chi connectivity index (χ0v) is 24.8. The molecule has 0 saturated heterocycles. The van der Waals surface area contributed by atoms with E-state index in [4.69, 9.17) is 0 Å². The molecule has 10 heteroatoms. The largest absolute Gasteiger partial charge is 0.356 e. The molecule has 4 aromatic carbocycles. The molecule has 0 bridgehead atoms. The van der Waals surface area contributed by atoms with Crippen molar-refractivity contribution >= 4 is 55.6 Å². The molecule has 0 fully saturated rings. The molecule has 0 radical (unpaired) electrons. The summed E-state index contributed by atoms with van der Waals surface area (Å²) in [7, 11) is -4.60. The van der Waals surface area contributed by atoms with Crippen LogP contribution in [0.1, 0.15) is 31.4 Å². The minimum atomic E-state index is -4.60. The van der Waals surface area contributed by atoms with Crippen molar-refractivity contribution in [1.82, 2.24) is 0 Å². The van der Waals surface area contributed by atoms with Crippen LogP contribution < -0.4 is 5.32 Å². The lowest BCUT2D eigenvalue weighted by molar-refractivity contribution is -0.104. The van der Waals surface area contributed by atoms with Gasteiger partial charge in [0.1, 0.15) is 16.9 Å². The summed E-state index contributed by atoms with van der Waals surface area (Å²) < 4.78 is 35.0. The van der Waals surface area contributed by atoms with Gasteiger partial charge in [-0.15, -0.1) is 5.11 Å². The van der Waals surface area contributed by atoms with Crippen molar-refractivity contribution in [2.75, 3.05) is 5.32 Å². The summed E-state index contributed by atoms with van der Waals surface area (Å²) in [4.78, 5) is 10.7. The minimum Gasteiger partial charge on any atom is -0.356 e. The summed E-state index contributed by atoms with van der Waals surface area (Å²) in [6.07, 6.45) is 5.73. The quantitative estimate of drug-likeness (QED) is 0.113. The highest BCUT2D eigenvalue weighted by atomic mass is 32.2. The maximum absolute atomic E-state index is 12.5. The van der Waals surface area contributed by atoms with Gasteiger partial charge in [0.05, 0.1) is 17.4 Å². The molecule has 9 nitrogen and oxygen atoms in total. The number of nitrogens with zero attached hydrogens (tertiary/aromatic N) is 4. The van der Waals surface area contributed by atoms with Crippen molar-refractivity contribution in [2.45, 2.75) is 44.6 Å². The molecular formula is C33H31N5O4S. The number of carbonyl (C=O) groups is 1. The molecule has 0 saturated carbocycles. The number of allylic oxidation sites excluding steroid dienone is 2. The van der Waals surface area contributed by atoms with E-state index in [1.165, 1.54) is 6.07 Å². The van der Waals surface area contributed by atoms with Crippen molar-refractivity contribution in [1.29, 1.82) is 0 Å². The molecular weight excluding hydrogens is 562 g/mol. The number of rotatable bonds is 9. The zero-order valence-electron chi connectivity index (χ0n) is 24.0. The van der Waals surface area contributed by atoms with Crippen LogP contribution in [0.3, 0.4) is 0 Å². The summed E-state index contributed by atoms with van der Waals surface area (Å²) in [6, 6.07) is 21.9. The smallest absolute Gasteiger partial charge is 0.296 e. The van der Waals surface area contributed by atoms with Gasteiger partial charge < -0.3 is 5.32 Å². The first kappa shape index (κ1) is 29.7. The Bertz CT molecular complexity index is 1930. The average Bonchev–Trinajstić information content (AvgIpc) is 3.00. The highest BCUT2D eigenvalue weighted by molar-refractivity contribution is 7.86. The van der Waals surface area contributed by atoms with Crippen LogP contribution in [0.5, 0.6) is 0 Å². The average molecular weight is 594 g/mol. The van der Waals surface area contributed by atoms with Crippen molar-refractivity contribution in [3.8, 4) is 0 Å². The Kier molecular flexibility index (Phi) is 8.70. The fourth-order valence-corrected chi connectivity index (χ4v) is 5.67. The van der Waals surface area contributed by atoms with Gasteiger partial charge >= 0.3 is 0 Å². The molecule has 0 aliphatic heterocycles. The standard InChI is InChI=1S/C33H31N5O4S/c1-4-24-17-28(35-36-30-14-10-23(20-39)16-21(30)2)12-15-31(24)37-38-33-22(3)29-13-11-27(34-26-8-6-5-7-9-26)18-25(29)19-32(33)43(40,41)42/h5-13,15-20,30,34H,4,14H2,1-3H3,(H,40,41,42). The van der Waals surface area contributed by atoms with Gasteiger partial charge in [-0.2, -0.15) is 23.8 Å². The van der Waals surface area contributed by atoms with Crippen LogP contribution >= 0.6 is 0 Å². The van der Waals surface area contributed by atoms with E-state index in [0.717, 1.165) is 34.2 Å². The highest BCUT2D eigenvalue weighted by Crippen LogP contribution is 2.38. The summed E-state index contributed by atoms with van der Waals surface area (Å²) in [5, 5.41) is 22.3. The SMILES string of the molecule is CCc1cc(N=NC2CC=C(C=O)C=C2C)ccc1N=Nc1c(S(=O)(=O)O)cc2cc(Nc3ccccc3)ccc2c1C. The maximum Gasteiger partial charge on any atom is 0.296 e. The van der Waals surface area contributed by atoms with Crippen LogP contribution in [0.4, 0.5) is 28.4 Å². The molecule has 0 aromatic heterocycles. The number of para-hydroxylation sites is 1. The minimum absolute atomic E-state index is 0.0758. The van der Waals surface area contributed by atoms with Crippen LogP contribution in [0.25, 0.3) is 10.8 Å². The number of hydrogen-bond donors (Lipinski definition) is 2. The van der Waals surface area contributed by atoms with Gasteiger partial charge in [-0.1, -0.05) is 43.3 Å². The van der Waals surface area contributed by atoms with Gasteiger partial charge in [-0.25, -0.2) is 0 Å². The Morgan fingerprint density at radius 2 is 1.74 bits per heavy atom. The van der Waals surface area contributed by atoms with Crippen LogP contribution in [0.15, 0.2) is 121 Å². The number of hydrogen-bond acceptors (Lipinski definition) is 8. The van der Waals surface area contributed by atoms with Crippen molar-refractivity contribution in [3.05, 3.63) is 107 Å². The van der Waals surface area contributed by atoms with Crippen LogP contribution in [-0.4, -0.2) is 25.3 Å². The van der Waals surface area contributed by atoms with Crippen LogP contribution in [-0.2, 0) is 21.3 Å². The maximum atomic E-state index is 12.5. The fourth-order valence-electron chi connectivity index (χ4n) is 4.96. The summed E-state index contributed by atoms with van der Waals surface area (Å²) in [5.41, 5.74) is 5.99. The highest BCUT2D eigenvalue weighted by Gasteiger charge is 2.21. The number of anilines is 2. The molecule has 2 N–H and O–H groups in total. The molecule has 1 atom stereocenters. The molecule has 0 heterocycles. The third-order valence-corrected chi connectivity index (χ3v) is 8.19. The summed E-state index contributed by atoms with van der Waals surface area (Å²) in [5.74, 6) is 0. The lowest BCUT2D eigenvalue weighted by Crippen LogP contribution is -2.08. The second kappa shape index (κ2) is 12.6. The molecule has 5 rings (SSSR count). The Hall–Kier alpha value is -4.80. The number of benzene rings is 4. The third kappa shape index (κ3) is 6.82. The first-order chi connectivity index (χ1) is 20.7. The number of aryl methyl sites for hydroxylation is 2. The van der Waals surface area contributed by atoms with E-state index < -0.39 is 10.1 Å². The third-order valence-electron chi connectivity index (χ3n) is 7.32. The van der Waals surface area contributed by atoms with Gasteiger partial charge in [0.25, 0.3) is 10.1 Å². The zero-order chi connectivity index (χ0) is 30.6. The number of aldehydes is 1. The first-order valence-electron chi connectivity index (χ1n) is 13.8. The number of carbonyl (C=O) groups excluding carboxylic acids is 1. The van der Waals surface area contributed by atoms with E-state index in [9.17, 15) is 17.8 Å². The molecule has 1 aliphatic rings. The molecule has 4 aromatic rings. The van der Waals surface area contributed by atoms with E-state index in [2.05, 4.69) is 25.8 Å². The van der Waals surface area contributed by atoms with Gasteiger partial charge in [0, 0.05) is 16.9 Å². The lowest BCUT2D eigenvalue weighted by Gasteiger charge is -2.14. The Morgan fingerprint density at radius 1 is 0.953 bits per heavy atom. The van der Waals surface area contributed by atoms with Gasteiger partial charge in [-0.05, 0) is 103 Å². The molecule has 218 valence electrons. The van der Waals surface area contributed by atoms with E-state index in [0.29, 0.717) is 40.7 Å². The Balaban J connectivity index is 1.45. The molecule has 0 spiro atoms. The molecule has 1 aliphatic carbocycles. The van der Waals surface area contributed by atoms with E-state index in [-0.39, 0.29) is 16.6 Å². The molecule has 1 unspecified atom stereocenters. The second-order valence-corrected chi connectivity index (χ2v) is 11.7. The van der Waals surface area contributed by atoms with Gasteiger partial charge in [0.2, 0.25) is 0 Å². The predicted octanol–water partition coefficient (Wildman–Crippen LogP) is 9.04. The van der Waals surface area contributed by atoms with Crippen molar-refractivity contribution < 1.29 is 17.8 Å². The van der Waals surface area contributed by atoms with E-state index in [1.54, 1.807) is 19.1 Å². The second-order valence-electron chi connectivity index (χ2n) is 10.3. The number of azo groups is 2. The summed E-state index contributed by atoms with van der Waals surface area (Å²) >= 11 is 0. The Morgan fingerprint density at radius 3 is 2.44 bits per heavy atom. The van der Waals surface area contributed by atoms with Crippen LogP contribution in [0.2, 0.25) is 0 Å². The van der Waals surface area contributed by atoms with E-state index in [1.807, 2.05) is 80.6 Å². The van der Waals surface area contributed by atoms with Gasteiger partial charge in [0.15, 0.2) is 0 Å². The first-order valence-corrected chi connectivity index (χ1v) is 15.3. The topological polar surface area (TPSA) is 133 Å². The number of fused-ring (bicyclic) bond motifs is 1. The van der Waals surface area contributed by atoms with Crippen molar-refractivity contribution in [2.24, 2.45) is 20.5 Å². The van der Waals surface area contributed by atoms with Gasteiger partial charge in [-0.3, -0.25) is 9.35 Å². The fraction of sp³-hybridized carbons (Fsp3) is 0.182. The normalized spacial score (nSPS) is 15.6. The molecule has 0 amide bonds. The van der Waals surface area contributed by atoms with Crippen molar-refractivity contribution in [3.63, 3.8) is 0 Å². The van der Waals surface area contributed by atoms with Crippen LogP contribution in [0, 0.1) is 6.92 Å². The lowest BCUT2D eigenvalue weighted by atomic mass is 9.97.